The number of hydrogen-bond acceptors (Lipinski definition) is 4. The highest BCUT2D eigenvalue weighted by Crippen LogP contribution is 2.47. The molecule has 7 heteroatoms. The van der Waals surface area contributed by atoms with Crippen molar-refractivity contribution in [2.75, 3.05) is 0 Å². The molecule has 4 rings (SSSR count). The van der Waals surface area contributed by atoms with Crippen LogP contribution in [-0.2, 0) is 14.6 Å². The first kappa shape index (κ1) is 17.5. The lowest BCUT2D eigenvalue weighted by Crippen LogP contribution is -2.63. The van der Waals surface area contributed by atoms with E-state index >= 15 is 0 Å². The average molecular weight is 436 g/mol. The summed E-state index contributed by atoms with van der Waals surface area (Å²) in [5.74, 6) is -0.382. The fourth-order valence-corrected chi connectivity index (χ4v) is 6.01. The second-order valence-electron chi connectivity index (χ2n) is 7.09. The zero-order chi connectivity index (χ0) is 18.7. The van der Waals surface area contributed by atoms with Gasteiger partial charge < -0.3 is 10.1 Å². The second-order valence-corrected chi connectivity index (χ2v) is 10.1. The van der Waals surface area contributed by atoms with Crippen LogP contribution in [0.1, 0.15) is 30.4 Å². The van der Waals surface area contributed by atoms with Gasteiger partial charge in [-0.1, -0.05) is 33.6 Å². The molecule has 136 valence electrons. The van der Waals surface area contributed by atoms with Crippen molar-refractivity contribution in [2.24, 2.45) is 0 Å². The summed E-state index contributed by atoms with van der Waals surface area (Å²) in [6.45, 7) is 3.67. The maximum atomic E-state index is 13.3. The smallest absolute Gasteiger partial charge is 0.242 e. The Morgan fingerprint density at radius 2 is 1.88 bits per heavy atom. The predicted molar refractivity (Wildman–Crippen MR) is 101 cm³/mol. The van der Waals surface area contributed by atoms with Crippen LogP contribution in [0.2, 0.25) is 0 Å². The van der Waals surface area contributed by atoms with Crippen LogP contribution in [0.3, 0.4) is 0 Å². The number of piperidine rings is 1. The van der Waals surface area contributed by atoms with Crippen LogP contribution in [0.5, 0.6) is 5.75 Å². The zero-order valence-corrected chi connectivity index (χ0v) is 16.7. The molecule has 1 N–H and O–H groups in total. The number of halogens is 1. The number of fused-ring (bicyclic) bond motifs is 4. The molecule has 3 atom stereocenters. The summed E-state index contributed by atoms with van der Waals surface area (Å²) in [5, 5.41) is 1.58. The monoisotopic (exact) mass is 435 g/mol. The maximum Gasteiger partial charge on any atom is 0.242 e. The first-order valence-corrected chi connectivity index (χ1v) is 10.6. The number of sulfone groups is 1. The Labute approximate surface area is 160 Å². The number of carbonyl (C=O) groups is 1. The first-order valence-electron chi connectivity index (χ1n) is 8.31. The summed E-state index contributed by atoms with van der Waals surface area (Å²) in [7, 11) is -3.84. The van der Waals surface area contributed by atoms with Crippen LogP contribution in [0.25, 0.3) is 0 Å². The second kappa shape index (κ2) is 5.82. The van der Waals surface area contributed by atoms with Crippen molar-refractivity contribution in [1.29, 1.82) is 0 Å². The lowest BCUT2D eigenvalue weighted by Gasteiger charge is -2.46. The molecule has 0 unspecified atom stereocenters. The van der Waals surface area contributed by atoms with Crippen molar-refractivity contribution in [2.45, 2.75) is 42.1 Å². The van der Waals surface area contributed by atoms with Gasteiger partial charge in [-0.15, -0.1) is 0 Å². The Bertz CT molecular complexity index is 1000. The Morgan fingerprint density at radius 3 is 2.58 bits per heavy atom. The van der Waals surface area contributed by atoms with Gasteiger partial charge in [0.2, 0.25) is 5.91 Å². The van der Waals surface area contributed by atoms with E-state index < -0.39 is 32.6 Å². The van der Waals surface area contributed by atoms with Gasteiger partial charge in [0.25, 0.3) is 0 Å². The molecule has 2 aliphatic rings. The molecule has 0 spiro atoms. The molecule has 0 saturated carbocycles. The molecule has 2 bridgehead atoms. The van der Waals surface area contributed by atoms with E-state index in [0.29, 0.717) is 12.2 Å². The molecule has 0 aliphatic carbocycles. The van der Waals surface area contributed by atoms with Gasteiger partial charge in [-0.05, 0) is 44.2 Å². The minimum absolute atomic E-state index is 0.162. The highest BCUT2D eigenvalue weighted by atomic mass is 79.9. The number of hydrogen-bond donors (Lipinski definition) is 1. The number of carbonyl (C=O) groups excluding carboxylic acids is 1. The maximum absolute atomic E-state index is 13.3. The summed E-state index contributed by atoms with van der Waals surface area (Å²) in [6.07, 6.45) is 0.401. The molecule has 1 saturated heterocycles. The lowest BCUT2D eigenvalue weighted by molar-refractivity contribution is -0.132. The molecule has 2 aliphatic heterocycles. The van der Waals surface area contributed by atoms with E-state index in [9.17, 15) is 13.2 Å². The molecule has 2 aromatic rings. The quantitative estimate of drug-likeness (QED) is 0.784. The molecule has 1 amide bonds. The third kappa shape index (κ3) is 2.74. The van der Waals surface area contributed by atoms with E-state index in [1.807, 2.05) is 19.1 Å². The molecule has 5 nitrogen and oxygen atoms in total. The van der Waals surface area contributed by atoms with Gasteiger partial charge in [-0.3, -0.25) is 4.79 Å². The predicted octanol–water partition coefficient (Wildman–Crippen LogP) is 3.31. The van der Waals surface area contributed by atoms with Crippen molar-refractivity contribution in [1.82, 2.24) is 5.32 Å². The Kier molecular flexibility index (Phi) is 3.93. The molecular formula is C19H18BrNO4S. The summed E-state index contributed by atoms with van der Waals surface area (Å²) >= 11 is 3.43. The van der Waals surface area contributed by atoms with Crippen molar-refractivity contribution >= 4 is 31.7 Å². The van der Waals surface area contributed by atoms with Crippen LogP contribution < -0.4 is 10.1 Å². The van der Waals surface area contributed by atoms with Gasteiger partial charge >= 0.3 is 0 Å². The number of rotatable bonds is 2. The fourth-order valence-electron chi connectivity index (χ4n) is 3.81. The average Bonchev–Trinajstić information content (AvgIpc) is 2.55. The molecule has 0 radical (unpaired) electrons. The van der Waals surface area contributed by atoms with Gasteiger partial charge in [0, 0.05) is 22.4 Å². The van der Waals surface area contributed by atoms with Crippen molar-refractivity contribution in [3.63, 3.8) is 0 Å². The van der Waals surface area contributed by atoms with Gasteiger partial charge in [-0.2, -0.15) is 0 Å². The van der Waals surface area contributed by atoms with Crippen LogP contribution >= 0.6 is 15.9 Å². The van der Waals surface area contributed by atoms with Gasteiger partial charge in [0.05, 0.1) is 4.90 Å². The van der Waals surface area contributed by atoms with Gasteiger partial charge in [0.1, 0.15) is 5.75 Å². The zero-order valence-electron chi connectivity index (χ0n) is 14.3. The fraction of sp³-hybridized carbons (Fsp3) is 0.316. The summed E-state index contributed by atoms with van der Waals surface area (Å²) < 4.78 is 33.4. The Balaban J connectivity index is 1.86. The van der Waals surface area contributed by atoms with Crippen molar-refractivity contribution < 1.29 is 17.9 Å². The van der Waals surface area contributed by atoms with E-state index in [-0.39, 0.29) is 4.90 Å². The van der Waals surface area contributed by atoms with Crippen LogP contribution in [-0.4, -0.2) is 25.3 Å². The highest BCUT2D eigenvalue weighted by Gasteiger charge is 2.54. The molecule has 0 aromatic heterocycles. The van der Waals surface area contributed by atoms with Crippen LogP contribution in [0, 0.1) is 6.92 Å². The van der Waals surface area contributed by atoms with E-state index in [2.05, 4.69) is 21.2 Å². The number of aryl methyl sites for hydroxylation is 1. The summed E-state index contributed by atoms with van der Waals surface area (Å²) in [5.41, 5.74) is 0.805. The number of benzene rings is 2. The molecule has 2 aromatic carbocycles. The first-order chi connectivity index (χ1) is 12.2. The minimum atomic E-state index is -3.84. The summed E-state index contributed by atoms with van der Waals surface area (Å²) in [6, 6.07) is 12.1. The van der Waals surface area contributed by atoms with Crippen molar-refractivity contribution in [3.8, 4) is 5.75 Å². The normalized spacial score (nSPS) is 27.3. The molecule has 26 heavy (non-hydrogen) atoms. The summed E-state index contributed by atoms with van der Waals surface area (Å²) in [4.78, 5) is 13.0. The topological polar surface area (TPSA) is 72.5 Å². The van der Waals surface area contributed by atoms with E-state index in [1.54, 1.807) is 37.3 Å². The number of nitrogens with one attached hydrogen (secondary N) is 1. The standard InChI is InChI=1S/C19H18BrNO4S/c1-11-3-6-13(7-4-11)26(23,24)17-15-10-19(2,21-18(17)22)25-16-8-5-12(20)9-14(15)16/h3-9,15,17H,10H2,1-2H3,(H,21,22)/t15-,17-,19-/m0/s1. The number of ether oxygens (including phenoxy) is 1. The minimum Gasteiger partial charge on any atom is -0.468 e. The van der Waals surface area contributed by atoms with E-state index in [4.69, 9.17) is 4.74 Å². The third-order valence-electron chi connectivity index (χ3n) is 5.01. The lowest BCUT2D eigenvalue weighted by atomic mass is 9.81. The Morgan fingerprint density at radius 1 is 1.19 bits per heavy atom. The van der Waals surface area contributed by atoms with Crippen LogP contribution in [0.4, 0.5) is 0 Å². The Hall–Kier alpha value is -1.86. The SMILES string of the molecule is Cc1ccc(S(=O)(=O)[C@@H]2C(=O)N[C@]3(C)C[C@H]2c2cc(Br)ccc2O3)cc1. The largest absolute Gasteiger partial charge is 0.468 e. The third-order valence-corrected chi connectivity index (χ3v) is 7.64. The van der Waals surface area contributed by atoms with Gasteiger partial charge in [-0.25, -0.2) is 8.42 Å². The van der Waals surface area contributed by atoms with E-state index in [0.717, 1.165) is 15.6 Å². The van der Waals surface area contributed by atoms with E-state index in [1.165, 1.54) is 0 Å². The molecular weight excluding hydrogens is 418 g/mol. The molecule has 1 fully saturated rings. The van der Waals surface area contributed by atoms with Crippen molar-refractivity contribution in [3.05, 3.63) is 58.1 Å². The highest BCUT2D eigenvalue weighted by molar-refractivity contribution is 9.10. The van der Waals surface area contributed by atoms with Crippen LogP contribution in [0.15, 0.2) is 51.8 Å². The van der Waals surface area contributed by atoms with Gasteiger partial charge in [0.15, 0.2) is 20.8 Å². The number of amides is 1. The molecule has 2 heterocycles.